The normalized spacial score (nSPS) is 11.3. The monoisotopic (exact) mass is 300 g/mol. The number of anilines is 1. The number of carboxylic acid groups (broad SMARTS) is 1. The molecule has 7 heteroatoms. The number of hydrogen-bond acceptors (Lipinski definition) is 4. The zero-order valence-electron chi connectivity index (χ0n) is 11.7. The van der Waals surface area contributed by atoms with Crippen LogP contribution in [0, 0.1) is 0 Å². The Kier molecular flexibility index (Phi) is 5.52. The van der Waals surface area contributed by atoms with Crippen LogP contribution in [0.25, 0.3) is 0 Å². The molecule has 0 spiro atoms. The number of nitrogens with zero attached hydrogens (tertiary/aromatic N) is 1. The number of hydrogen-bond donors (Lipinski definition) is 2. The Morgan fingerprint density at radius 2 is 1.80 bits per heavy atom. The molecule has 0 saturated carbocycles. The Hall–Kier alpha value is -1.60. The predicted octanol–water partition coefficient (Wildman–Crippen LogP) is 1.66. The highest BCUT2D eigenvalue weighted by Crippen LogP contribution is 2.24. The first-order valence-corrected chi connectivity index (χ1v) is 8.01. The molecule has 0 atom stereocenters. The second kappa shape index (κ2) is 6.71. The van der Waals surface area contributed by atoms with E-state index in [-0.39, 0.29) is 10.5 Å². The molecule has 0 radical (unpaired) electrons. The summed E-state index contributed by atoms with van der Waals surface area (Å²) in [4.78, 5) is 13.1. The summed E-state index contributed by atoms with van der Waals surface area (Å²) in [5.41, 5.74) is 0.479. The van der Waals surface area contributed by atoms with Crippen molar-refractivity contribution in [2.45, 2.75) is 31.6 Å². The summed E-state index contributed by atoms with van der Waals surface area (Å²) >= 11 is 0. The molecule has 1 aromatic rings. The average Bonchev–Trinajstić information content (AvgIpc) is 2.36. The van der Waals surface area contributed by atoms with Gasteiger partial charge in [0.1, 0.15) is 0 Å². The van der Waals surface area contributed by atoms with Crippen LogP contribution in [0.2, 0.25) is 0 Å². The van der Waals surface area contributed by atoms with Crippen molar-refractivity contribution in [3.8, 4) is 0 Å². The number of sulfonamides is 1. The number of primary sulfonamides is 1. The molecular formula is C13H20N2O4S. The summed E-state index contributed by atoms with van der Waals surface area (Å²) in [6.45, 7) is 5.43. The molecule has 1 rings (SSSR count). The van der Waals surface area contributed by atoms with Gasteiger partial charge in [-0.2, -0.15) is 0 Å². The summed E-state index contributed by atoms with van der Waals surface area (Å²) in [5, 5.41) is 14.3. The van der Waals surface area contributed by atoms with Crippen LogP contribution in [0.15, 0.2) is 23.1 Å². The van der Waals surface area contributed by atoms with Gasteiger partial charge in [-0.1, -0.05) is 13.8 Å². The SMILES string of the molecule is CCCN(CCC)c1ccc(S(N)(=O)=O)cc1C(=O)O. The predicted molar refractivity (Wildman–Crippen MR) is 77.6 cm³/mol. The molecule has 3 N–H and O–H groups in total. The van der Waals surface area contributed by atoms with E-state index < -0.39 is 16.0 Å². The molecule has 0 saturated heterocycles. The lowest BCUT2D eigenvalue weighted by Gasteiger charge is -2.25. The topological polar surface area (TPSA) is 101 Å². The van der Waals surface area contributed by atoms with Gasteiger partial charge in [0.05, 0.1) is 16.1 Å². The maximum Gasteiger partial charge on any atom is 0.337 e. The maximum absolute atomic E-state index is 11.4. The van der Waals surface area contributed by atoms with Crippen molar-refractivity contribution in [2.75, 3.05) is 18.0 Å². The third-order valence-electron chi connectivity index (χ3n) is 2.85. The lowest BCUT2D eigenvalue weighted by atomic mass is 10.1. The van der Waals surface area contributed by atoms with Crippen LogP contribution < -0.4 is 10.0 Å². The van der Waals surface area contributed by atoms with E-state index in [9.17, 15) is 18.3 Å². The van der Waals surface area contributed by atoms with Gasteiger partial charge in [0.25, 0.3) is 0 Å². The molecule has 0 bridgehead atoms. The Morgan fingerprint density at radius 3 is 2.20 bits per heavy atom. The Morgan fingerprint density at radius 1 is 1.25 bits per heavy atom. The largest absolute Gasteiger partial charge is 0.478 e. The number of nitrogens with two attached hydrogens (primary N) is 1. The summed E-state index contributed by atoms with van der Waals surface area (Å²) in [6, 6.07) is 3.97. The van der Waals surface area contributed by atoms with Gasteiger partial charge in [0.15, 0.2) is 0 Å². The van der Waals surface area contributed by atoms with Crippen molar-refractivity contribution in [2.24, 2.45) is 5.14 Å². The van der Waals surface area contributed by atoms with Gasteiger partial charge in [-0.05, 0) is 31.0 Å². The highest BCUT2D eigenvalue weighted by Gasteiger charge is 2.19. The summed E-state index contributed by atoms with van der Waals surface area (Å²) in [6.07, 6.45) is 1.74. The minimum atomic E-state index is -3.91. The summed E-state index contributed by atoms with van der Waals surface area (Å²) in [7, 11) is -3.91. The molecule has 6 nitrogen and oxygen atoms in total. The van der Waals surface area contributed by atoms with E-state index in [0.717, 1.165) is 18.9 Å². The fraction of sp³-hybridized carbons (Fsp3) is 0.462. The lowest BCUT2D eigenvalue weighted by molar-refractivity contribution is 0.0697. The van der Waals surface area contributed by atoms with Crippen molar-refractivity contribution in [1.29, 1.82) is 0 Å². The maximum atomic E-state index is 11.4. The van der Waals surface area contributed by atoms with Gasteiger partial charge in [0, 0.05) is 13.1 Å². The second-order valence-electron chi connectivity index (χ2n) is 4.52. The minimum absolute atomic E-state index is 0.0431. The molecule has 0 amide bonds. The van der Waals surface area contributed by atoms with Gasteiger partial charge >= 0.3 is 5.97 Å². The molecular weight excluding hydrogens is 280 g/mol. The molecule has 0 unspecified atom stereocenters. The van der Waals surface area contributed by atoms with Gasteiger partial charge in [-0.25, -0.2) is 18.4 Å². The molecule has 0 aliphatic rings. The van der Waals surface area contributed by atoms with Gasteiger partial charge < -0.3 is 10.0 Å². The molecule has 112 valence electrons. The van der Waals surface area contributed by atoms with Crippen LogP contribution >= 0.6 is 0 Å². The van der Waals surface area contributed by atoms with Crippen LogP contribution in [0.5, 0.6) is 0 Å². The van der Waals surface area contributed by atoms with Gasteiger partial charge in [0.2, 0.25) is 10.0 Å². The van der Waals surface area contributed by atoms with E-state index in [1.165, 1.54) is 12.1 Å². The number of rotatable bonds is 7. The third kappa shape index (κ3) is 3.94. The van der Waals surface area contributed by atoms with Crippen molar-refractivity contribution in [3.63, 3.8) is 0 Å². The van der Waals surface area contributed by atoms with Gasteiger partial charge in [-0.15, -0.1) is 0 Å². The molecule has 0 heterocycles. The van der Waals surface area contributed by atoms with E-state index in [1.807, 2.05) is 18.7 Å². The first kappa shape index (κ1) is 16.5. The average molecular weight is 300 g/mol. The number of benzene rings is 1. The zero-order valence-corrected chi connectivity index (χ0v) is 12.5. The fourth-order valence-corrected chi connectivity index (χ4v) is 2.57. The van der Waals surface area contributed by atoms with Gasteiger partial charge in [-0.3, -0.25) is 0 Å². The number of carbonyl (C=O) groups is 1. The summed E-state index contributed by atoms with van der Waals surface area (Å²) in [5.74, 6) is -1.16. The van der Waals surface area contributed by atoms with E-state index in [4.69, 9.17) is 5.14 Å². The van der Waals surface area contributed by atoms with E-state index in [1.54, 1.807) is 0 Å². The molecule has 0 aliphatic carbocycles. The van der Waals surface area contributed by atoms with Crippen molar-refractivity contribution in [1.82, 2.24) is 0 Å². The van der Waals surface area contributed by atoms with E-state index >= 15 is 0 Å². The molecule has 1 aromatic carbocycles. The minimum Gasteiger partial charge on any atom is -0.478 e. The highest BCUT2D eigenvalue weighted by atomic mass is 32.2. The Bertz CT molecular complexity index is 578. The van der Waals surface area contributed by atoms with E-state index in [2.05, 4.69) is 0 Å². The smallest absolute Gasteiger partial charge is 0.337 e. The van der Waals surface area contributed by atoms with Crippen LogP contribution in [-0.2, 0) is 10.0 Å². The van der Waals surface area contributed by atoms with Crippen LogP contribution in [0.1, 0.15) is 37.0 Å². The van der Waals surface area contributed by atoms with Crippen LogP contribution in [0.3, 0.4) is 0 Å². The first-order valence-electron chi connectivity index (χ1n) is 6.46. The standard InChI is InChI=1S/C13H20N2O4S/c1-3-7-15(8-4-2)12-6-5-10(20(14,18)19)9-11(12)13(16)17/h5-6,9H,3-4,7-8H2,1-2H3,(H,16,17)(H2,14,18,19). The van der Waals surface area contributed by atoms with Crippen molar-refractivity contribution in [3.05, 3.63) is 23.8 Å². The van der Waals surface area contributed by atoms with Crippen LogP contribution in [-0.4, -0.2) is 32.6 Å². The molecule has 0 fully saturated rings. The highest BCUT2D eigenvalue weighted by molar-refractivity contribution is 7.89. The lowest BCUT2D eigenvalue weighted by Crippen LogP contribution is -2.27. The first-order chi connectivity index (χ1) is 9.31. The molecule has 20 heavy (non-hydrogen) atoms. The van der Waals surface area contributed by atoms with Crippen molar-refractivity contribution < 1.29 is 18.3 Å². The van der Waals surface area contributed by atoms with E-state index in [0.29, 0.717) is 18.8 Å². The number of aromatic carboxylic acids is 1. The Labute approximate surface area is 119 Å². The fourth-order valence-electron chi connectivity index (χ4n) is 2.03. The Balaban J connectivity index is 3.35. The van der Waals surface area contributed by atoms with Crippen molar-refractivity contribution >= 4 is 21.7 Å². The quantitative estimate of drug-likeness (QED) is 0.797. The molecule has 0 aromatic heterocycles. The van der Waals surface area contributed by atoms with Crippen LogP contribution in [0.4, 0.5) is 5.69 Å². The molecule has 0 aliphatic heterocycles. The zero-order chi connectivity index (χ0) is 15.3. The number of carboxylic acids is 1. The summed E-state index contributed by atoms with van der Waals surface area (Å²) < 4.78 is 22.6. The second-order valence-corrected chi connectivity index (χ2v) is 6.08. The third-order valence-corrected chi connectivity index (χ3v) is 3.77.